The molecule has 0 atom stereocenters. The van der Waals surface area contributed by atoms with Crippen LogP contribution in [0.5, 0.6) is 11.8 Å². The number of nitrogens with two attached hydrogens (primary N) is 1. The van der Waals surface area contributed by atoms with Gasteiger partial charge in [0.05, 0.1) is 37.7 Å². The molecule has 0 aliphatic rings. The van der Waals surface area contributed by atoms with Gasteiger partial charge in [-0.3, -0.25) is 14.2 Å². The highest BCUT2D eigenvalue weighted by Gasteiger charge is 2.12. The molecule has 0 bridgehead atoms. The number of aromatic nitrogens is 4. The van der Waals surface area contributed by atoms with Crippen molar-refractivity contribution in [1.29, 1.82) is 0 Å². The van der Waals surface area contributed by atoms with Crippen molar-refractivity contribution < 1.29 is 14.3 Å². The van der Waals surface area contributed by atoms with E-state index in [1.165, 1.54) is 43.1 Å². The third-order valence-electron chi connectivity index (χ3n) is 3.71. The van der Waals surface area contributed by atoms with Gasteiger partial charge in [0.1, 0.15) is 0 Å². The maximum Gasteiger partial charge on any atom is 0.262 e. The fourth-order valence-corrected chi connectivity index (χ4v) is 2.68. The number of aromatic amines is 1. The zero-order valence-corrected chi connectivity index (χ0v) is 14.8. The van der Waals surface area contributed by atoms with Crippen LogP contribution in [0.1, 0.15) is 16.2 Å². The van der Waals surface area contributed by atoms with E-state index in [-0.39, 0.29) is 22.4 Å². The number of amides is 1. The van der Waals surface area contributed by atoms with Crippen LogP contribution in [0.15, 0.2) is 29.1 Å². The number of ether oxygens (including phenoxy) is 2. The van der Waals surface area contributed by atoms with Crippen LogP contribution >= 0.6 is 12.2 Å². The lowest BCUT2D eigenvalue weighted by molar-refractivity contribution is 0.100. The lowest BCUT2D eigenvalue weighted by Gasteiger charge is -2.10. The molecule has 10 heteroatoms. The van der Waals surface area contributed by atoms with Crippen molar-refractivity contribution in [3.8, 4) is 11.8 Å². The molecule has 3 rings (SSSR count). The maximum absolute atomic E-state index is 12.8. The molecule has 0 fully saturated rings. The van der Waals surface area contributed by atoms with E-state index in [0.717, 1.165) is 0 Å². The first kappa shape index (κ1) is 17.5. The number of carbonyl (C=O) groups excluding carboxylic acids is 1. The number of fused-ring (bicyclic) bond motifs is 1. The number of hydrogen-bond donors (Lipinski definition) is 2. The Bertz CT molecular complexity index is 1100. The topological polar surface area (TPSA) is 125 Å². The van der Waals surface area contributed by atoms with Gasteiger partial charge in [0.15, 0.2) is 10.6 Å². The molecular weight excluding hydrogens is 358 g/mol. The van der Waals surface area contributed by atoms with Crippen LogP contribution in [0.2, 0.25) is 0 Å². The van der Waals surface area contributed by atoms with E-state index in [4.69, 9.17) is 27.4 Å². The quantitative estimate of drug-likeness (QED) is 0.639. The average molecular weight is 373 g/mol. The lowest BCUT2D eigenvalue weighted by atomic mass is 10.1. The first-order chi connectivity index (χ1) is 12.4. The van der Waals surface area contributed by atoms with E-state index in [1.807, 2.05) is 0 Å². The Kier molecular flexibility index (Phi) is 4.67. The van der Waals surface area contributed by atoms with Gasteiger partial charge in [-0.15, -0.1) is 0 Å². The van der Waals surface area contributed by atoms with Crippen LogP contribution in [0, 0.1) is 4.77 Å². The second-order valence-corrected chi connectivity index (χ2v) is 5.70. The van der Waals surface area contributed by atoms with Gasteiger partial charge >= 0.3 is 0 Å². The van der Waals surface area contributed by atoms with Crippen LogP contribution < -0.4 is 20.8 Å². The van der Waals surface area contributed by atoms with Crippen molar-refractivity contribution in [3.63, 3.8) is 0 Å². The fraction of sp³-hybridized carbons (Fsp3) is 0.188. The predicted octanol–water partition coefficient (Wildman–Crippen LogP) is 1.01. The summed E-state index contributed by atoms with van der Waals surface area (Å²) < 4.78 is 11.7. The molecule has 0 unspecified atom stereocenters. The van der Waals surface area contributed by atoms with Gasteiger partial charge in [-0.05, 0) is 30.4 Å². The Balaban J connectivity index is 2.12. The van der Waals surface area contributed by atoms with E-state index in [9.17, 15) is 9.59 Å². The summed E-state index contributed by atoms with van der Waals surface area (Å²) in [5.41, 5.74) is 5.63. The largest absolute Gasteiger partial charge is 0.481 e. The first-order valence-electron chi connectivity index (χ1n) is 7.45. The highest BCUT2D eigenvalue weighted by Crippen LogP contribution is 2.16. The number of benzene rings is 1. The number of carbonyl (C=O) groups is 1. The van der Waals surface area contributed by atoms with Gasteiger partial charge in [-0.1, -0.05) is 0 Å². The lowest BCUT2D eigenvalue weighted by Crippen LogP contribution is -2.24. The summed E-state index contributed by atoms with van der Waals surface area (Å²) in [6, 6.07) is 6.02. The van der Waals surface area contributed by atoms with E-state index in [1.54, 1.807) is 0 Å². The third kappa shape index (κ3) is 3.26. The van der Waals surface area contributed by atoms with Gasteiger partial charge in [-0.25, -0.2) is 0 Å². The van der Waals surface area contributed by atoms with Crippen LogP contribution in [0.3, 0.4) is 0 Å². The molecule has 26 heavy (non-hydrogen) atoms. The van der Waals surface area contributed by atoms with Crippen LogP contribution in [0.4, 0.5) is 0 Å². The molecule has 134 valence electrons. The standard InChI is InChI=1S/C16H15N5O4S/c1-24-12-6-13(25-2)20-11(19-12)7-21-15(23)9-4-3-8(14(17)22)5-10(9)18-16(21)26/h3-6H,7H2,1-2H3,(H2,17,22)(H,18,26). The SMILES string of the molecule is COc1cc(OC)nc(Cn2c(=S)[nH]c3cc(C(N)=O)ccc3c2=O)n1. The number of hydrogen-bond acceptors (Lipinski definition) is 7. The van der Waals surface area contributed by atoms with E-state index >= 15 is 0 Å². The fourth-order valence-electron chi connectivity index (χ4n) is 2.42. The molecule has 1 amide bonds. The third-order valence-corrected chi connectivity index (χ3v) is 4.03. The number of nitrogens with one attached hydrogen (secondary N) is 1. The number of nitrogens with zero attached hydrogens (tertiary/aromatic N) is 3. The number of rotatable bonds is 5. The average Bonchev–Trinajstić information content (AvgIpc) is 2.64. The molecule has 3 N–H and O–H groups in total. The molecule has 9 nitrogen and oxygen atoms in total. The molecule has 2 aromatic heterocycles. The van der Waals surface area contributed by atoms with Crippen LogP contribution in [-0.4, -0.2) is 39.6 Å². The second kappa shape index (κ2) is 6.92. The molecule has 3 aromatic rings. The van der Waals surface area contributed by atoms with Crippen molar-refractivity contribution in [2.24, 2.45) is 5.73 Å². The minimum Gasteiger partial charge on any atom is -0.481 e. The summed E-state index contributed by atoms with van der Waals surface area (Å²) in [6.45, 7) is 0.0231. The monoisotopic (exact) mass is 373 g/mol. The highest BCUT2D eigenvalue weighted by atomic mass is 32.1. The Labute approximate surface area is 152 Å². The smallest absolute Gasteiger partial charge is 0.262 e. The van der Waals surface area contributed by atoms with Gasteiger partial charge < -0.3 is 20.2 Å². The zero-order valence-electron chi connectivity index (χ0n) is 14.0. The van der Waals surface area contributed by atoms with E-state index < -0.39 is 5.91 Å². The van der Waals surface area contributed by atoms with Crippen molar-refractivity contribution in [1.82, 2.24) is 19.5 Å². The summed E-state index contributed by atoms with van der Waals surface area (Å²) in [6.07, 6.45) is 0. The van der Waals surface area contributed by atoms with Crippen LogP contribution in [0.25, 0.3) is 10.9 Å². The van der Waals surface area contributed by atoms with E-state index in [2.05, 4.69) is 15.0 Å². The highest BCUT2D eigenvalue weighted by molar-refractivity contribution is 7.71. The van der Waals surface area contributed by atoms with Crippen molar-refractivity contribution in [2.75, 3.05) is 14.2 Å². The van der Waals surface area contributed by atoms with Crippen molar-refractivity contribution >= 4 is 29.0 Å². The summed E-state index contributed by atoms with van der Waals surface area (Å²) in [5, 5.41) is 0.360. The minimum atomic E-state index is -0.590. The van der Waals surface area contributed by atoms with E-state index in [0.29, 0.717) is 28.5 Å². The Morgan fingerprint density at radius 2 is 1.88 bits per heavy atom. The number of H-pyrrole nitrogens is 1. The molecule has 0 spiro atoms. The molecule has 0 aliphatic heterocycles. The maximum atomic E-state index is 12.8. The molecule has 2 heterocycles. The minimum absolute atomic E-state index is 0.0231. The molecule has 0 saturated carbocycles. The number of primary amides is 1. The molecular formula is C16H15N5O4S. The summed E-state index contributed by atoms with van der Waals surface area (Å²) >= 11 is 5.27. The van der Waals surface area contributed by atoms with Crippen molar-refractivity contribution in [3.05, 3.63) is 50.8 Å². The normalized spacial score (nSPS) is 10.7. The molecule has 0 aliphatic carbocycles. The van der Waals surface area contributed by atoms with Gasteiger partial charge in [0, 0.05) is 5.56 Å². The Morgan fingerprint density at radius 3 is 2.46 bits per heavy atom. The zero-order chi connectivity index (χ0) is 18.8. The first-order valence-corrected chi connectivity index (χ1v) is 7.86. The predicted molar refractivity (Wildman–Crippen MR) is 96.1 cm³/mol. The van der Waals surface area contributed by atoms with Crippen molar-refractivity contribution in [2.45, 2.75) is 6.54 Å². The number of methoxy groups -OCH3 is 2. The van der Waals surface area contributed by atoms with Crippen LogP contribution in [-0.2, 0) is 6.54 Å². The molecule has 1 aromatic carbocycles. The summed E-state index contributed by atoms with van der Waals surface area (Å²) in [7, 11) is 2.94. The Hall–Kier alpha value is -3.27. The second-order valence-electron chi connectivity index (χ2n) is 5.31. The summed E-state index contributed by atoms with van der Waals surface area (Å²) in [5.74, 6) is 0.326. The van der Waals surface area contributed by atoms with Gasteiger partial charge in [0.2, 0.25) is 17.7 Å². The van der Waals surface area contributed by atoms with Gasteiger partial charge in [-0.2, -0.15) is 9.97 Å². The molecule has 0 radical (unpaired) electrons. The van der Waals surface area contributed by atoms with Gasteiger partial charge in [0.25, 0.3) is 5.56 Å². The Morgan fingerprint density at radius 1 is 1.23 bits per heavy atom. The summed E-state index contributed by atoms with van der Waals surface area (Å²) in [4.78, 5) is 35.4. The molecule has 0 saturated heterocycles.